The smallest absolute Gasteiger partial charge is 0.401 e. The molecule has 0 aromatic heterocycles. The van der Waals surface area contributed by atoms with Crippen molar-refractivity contribution in [3.05, 3.63) is 23.8 Å². The zero-order chi connectivity index (χ0) is 14.5. The number of rotatable bonds is 3. The lowest BCUT2D eigenvalue weighted by Crippen LogP contribution is -2.32. The van der Waals surface area contributed by atoms with Gasteiger partial charge < -0.3 is 14.6 Å². The van der Waals surface area contributed by atoms with E-state index >= 15 is 0 Å². The Bertz CT molecular complexity index is 437. The second-order valence-electron chi connectivity index (χ2n) is 4.37. The number of carboxylic acid groups (broad SMARTS) is 1. The molecule has 0 spiro atoms. The highest BCUT2D eigenvalue weighted by Crippen LogP contribution is 2.44. The Kier molecular flexibility index (Phi) is 5.48. The van der Waals surface area contributed by atoms with E-state index in [2.05, 4.69) is 31.5 Å². The lowest BCUT2D eigenvalue weighted by atomic mass is 9.92. The molecular weight excluding hydrogens is 268 g/mol. The zero-order valence-corrected chi connectivity index (χ0v) is 12.2. The van der Waals surface area contributed by atoms with E-state index in [1.807, 2.05) is 12.1 Å². The van der Waals surface area contributed by atoms with Crippen molar-refractivity contribution in [2.45, 2.75) is 38.7 Å². The van der Waals surface area contributed by atoms with E-state index in [9.17, 15) is 0 Å². The summed E-state index contributed by atoms with van der Waals surface area (Å²) in [5.41, 5.74) is -0.0881. The van der Waals surface area contributed by atoms with Crippen molar-refractivity contribution in [1.82, 2.24) is 0 Å². The summed E-state index contributed by atoms with van der Waals surface area (Å²) in [4.78, 5) is 8.77. The van der Waals surface area contributed by atoms with E-state index in [0.717, 1.165) is 30.8 Å². The number of hydrogen-bond acceptors (Lipinski definition) is 3. The summed E-state index contributed by atoms with van der Waals surface area (Å²) in [6, 6.07) is 6.12. The van der Waals surface area contributed by atoms with Crippen molar-refractivity contribution < 1.29 is 19.4 Å². The Hall–Kier alpha value is -1.42. The van der Waals surface area contributed by atoms with Gasteiger partial charge in [-0.1, -0.05) is 26.0 Å². The molecule has 0 aliphatic carbocycles. The van der Waals surface area contributed by atoms with Gasteiger partial charge in [-0.2, -0.15) is 0 Å². The van der Waals surface area contributed by atoms with Crippen LogP contribution in [0.4, 0.5) is 4.79 Å². The first kappa shape index (κ1) is 15.6. The molecule has 0 atom stereocenters. The minimum atomic E-state index is -1.36. The monoisotopic (exact) mass is 286 g/mol. The third-order valence-corrected chi connectivity index (χ3v) is 3.40. The fraction of sp³-hybridized carbons (Fsp3) is 0.500. The summed E-state index contributed by atoms with van der Waals surface area (Å²) in [7, 11) is 1.69. The molecule has 2 rings (SSSR count). The van der Waals surface area contributed by atoms with Gasteiger partial charge in [0.1, 0.15) is 5.60 Å². The maximum absolute atomic E-state index is 8.77. The molecule has 19 heavy (non-hydrogen) atoms. The Morgan fingerprint density at radius 1 is 1.47 bits per heavy atom. The maximum Gasteiger partial charge on any atom is 0.401 e. The fourth-order valence-corrected chi connectivity index (χ4v) is 2.22. The van der Waals surface area contributed by atoms with Crippen molar-refractivity contribution in [1.29, 1.82) is 0 Å². The molecule has 106 valence electrons. The van der Waals surface area contributed by atoms with Gasteiger partial charge in [0.05, 0.1) is 7.11 Å². The summed E-state index contributed by atoms with van der Waals surface area (Å²) in [6.45, 7) is 4.36. The van der Waals surface area contributed by atoms with E-state index in [1.165, 1.54) is 5.56 Å². The average molecular weight is 287 g/mol. The highest BCUT2D eigenvalue weighted by atomic mass is 35.5. The third-order valence-electron chi connectivity index (χ3n) is 3.40. The molecular formula is C14H19ClO4. The quantitative estimate of drug-likeness (QED) is 0.850. The van der Waals surface area contributed by atoms with Gasteiger partial charge in [0.2, 0.25) is 0 Å². The van der Waals surface area contributed by atoms with Gasteiger partial charge in [-0.25, -0.2) is 4.79 Å². The van der Waals surface area contributed by atoms with Crippen LogP contribution in [0.1, 0.15) is 32.3 Å². The topological polar surface area (TPSA) is 55.8 Å². The van der Waals surface area contributed by atoms with Crippen LogP contribution in [0.15, 0.2) is 18.2 Å². The molecule has 5 heteroatoms. The van der Waals surface area contributed by atoms with Gasteiger partial charge in [-0.15, -0.1) is 0 Å². The Morgan fingerprint density at radius 3 is 2.53 bits per heavy atom. The highest BCUT2D eigenvalue weighted by molar-refractivity contribution is 6.60. The van der Waals surface area contributed by atoms with E-state index in [-0.39, 0.29) is 5.60 Å². The minimum Gasteiger partial charge on any atom is -0.493 e. The molecule has 0 amide bonds. The number of halogens is 1. The van der Waals surface area contributed by atoms with Crippen LogP contribution in [0, 0.1) is 0 Å². The molecule has 0 bridgehead atoms. The van der Waals surface area contributed by atoms with E-state index < -0.39 is 5.43 Å². The Morgan fingerprint density at radius 2 is 2.05 bits per heavy atom. The molecule has 0 saturated heterocycles. The number of methoxy groups -OCH3 is 1. The van der Waals surface area contributed by atoms with Gasteiger partial charge in [0.25, 0.3) is 0 Å². The highest BCUT2D eigenvalue weighted by Gasteiger charge is 2.37. The van der Waals surface area contributed by atoms with Crippen LogP contribution in [0.5, 0.6) is 11.5 Å². The molecule has 1 heterocycles. The minimum absolute atomic E-state index is 0.00301. The number of ether oxygens (including phenoxy) is 2. The predicted molar refractivity (Wildman–Crippen MR) is 74.5 cm³/mol. The average Bonchev–Trinajstić information content (AvgIpc) is 2.77. The lowest BCUT2D eigenvalue weighted by Gasteiger charge is -2.25. The van der Waals surface area contributed by atoms with Crippen molar-refractivity contribution in [2.75, 3.05) is 7.11 Å². The lowest BCUT2D eigenvalue weighted by molar-refractivity contribution is 0.0828. The molecule has 1 aliphatic rings. The third kappa shape index (κ3) is 3.77. The van der Waals surface area contributed by atoms with E-state index in [0.29, 0.717) is 0 Å². The van der Waals surface area contributed by atoms with Gasteiger partial charge in [0.15, 0.2) is 11.5 Å². The molecule has 1 aromatic rings. The van der Waals surface area contributed by atoms with Crippen LogP contribution in [0.25, 0.3) is 0 Å². The summed E-state index contributed by atoms with van der Waals surface area (Å²) < 4.78 is 11.4. The van der Waals surface area contributed by atoms with Crippen molar-refractivity contribution in [2.24, 2.45) is 0 Å². The number of para-hydroxylation sites is 1. The first-order valence-corrected chi connectivity index (χ1v) is 6.59. The molecule has 1 aliphatic heterocycles. The van der Waals surface area contributed by atoms with Crippen LogP contribution < -0.4 is 9.47 Å². The molecule has 0 fully saturated rings. The van der Waals surface area contributed by atoms with Gasteiger partial charge in [0, 0.05) is 23.6 Å². The van der Waals surface area contributed by atoms with Crippen LogP contribution in [0.3, 0.4) is 0 Å². The first-order valence-electron chi connectivity index (χ1n) is 6.21. The van der Waals surface area contributed by atoms with Gasteiger partial charge in [-0.05, 0) is 18.9 Å². The summed E-state index contributed by atoms with van der Waals surface area (Å²) in [5, 5.41) is 7.18. The molecule has 0 radical (unpaired) electrons. The van der Waals surface area contributed by atoms with Crippen molar-refractivity contribution in [3.63, 3.8) is 0 Å². The normalized spacial score (nSPS) is 14.7. The summed E-state index contributed by atoms with van der Waals surface area (Å²) >= 11 is 4.19. The van der Waals surface area contributed by atoms with Crippen molar-refractivity contribution >= 4 is 17.0 Å². The molecule has 1 N–H and O–H groups in total. The summed E-state index contributed by atoms with van der Waals surface area (Å²) in [5.74, 6) is 1.81. The standard InChI is InChI=1S/C13H18O2.CHClO2/c1-4-13(5-2)9-10-7-6-8-11(14-3)12(10)15-13;2-1(3)4/h6-8H,4-5,9H2,1-3H3;(H,3,4). The second kappa shape index (κ2) is 6.66. The fourth-order valence-electron chi connectivity index (χ4n) is 2.22. The molecule has 0 unspecified atom stereocenters. The van der Waals surface area contributed by atoms with Crippen LogP contribution in [0.2, 0.25) is 0 Å². The predicted octanol–water partition coefficient (Wildman–Crippen LogP) is 4.09. The van der Waals surface area contributed by atoms with Gasteiger partial charge in [-0.3, -0.25) is 0 Å². The molecule has 0 saturated carbocycles. The van der Waals surface area contributed by atoms with Crippen LogP contribution in [-0.4, -0.2) is 23.2 Å². The number of fused-ring (bicyclic) bond motifs is 1. The van der Waals surface area contributed by atoms with Gasteiger partial charge >= 0.3 is 5.43 Å². The van der Waals surface area contributed by atoms with E-state index in [4.69, 9.17) is 19.4 Å². The Balaban J connectivity index is 0.000000399. The van der Waals surface area contributed by atoms with Crippen molar-refractivity contribution in [3.8, 4) is 11.5 Å². The summed E-state index contributed by atoms with van der Waals surface area (Å²) in [6.07, 6.45) is 3.09. The van der Waals surface area contributed by atoms with Crippen LogP contribution in [-0.2, 0) is 6.42 Å². The number of carbonyl (C=O) groups is 1. The number of hydrogen-bond donors (Lipinski definition) is 1. The van der Waals surface area contributed by atoms with E-state index in [1.54, 1.807) is 7.11 Å². The second-order valence-corrected chi connectivity index (χ2v) is 4.69. The largest absolute Gasteiger partial charge is 0.493 e. The zero-order valence-electron chi connectivity index (χ0n) is 11.4. The molecule has 1 aromatic carbocycles. The first-order chi connectivity index (χ1) is 8.98. The van der Waals surface area contributed by atoms with Crippen LogP contribution >= 0.6 is 11.6 Å². The number of benzene rings is 1. The maximum atomic E-state index is 8.77. The molecule has 4 nitrogen and oxygen atoms in total. The SMILES string of the molecule is CCC1(CC)Cc2cccc(OC)c2O1.O=C(O)Cl. The Labute approximate surface area is 118 Å².